The molecule has 0 aliphatic rings. The van der Waals surface area contributed by atoms with Gasteiger partial charge in [0, 0.05) is 11.1 Å². The number of anilines is 1. The van der Waals surface area contributed by atoms with Gasteiger partial charge in [-0.15, -0.1) is 11.3 Å². The van der Waals surface area contributed by atoms with Crippen molar-refractivity contribution >= 4 is 32.8 Å². The molecule has 2 rings (SSSR count). The number of hydrogen-bond acceptors (Lipinski definition) is 7. The molecule has 16 heavy (non-hydrogen) atoms. The maximum Gasteiger partial charge on any atom is 0.345 e. The Kier molecular flexibility index (Phi) is 3.11. The molecule has 0 spiro atoms. The van der Waals surface area contributed by atoms with Crippen molar-refractivity contribution in [2.24, 2.45) is 0 Å². The molecule has 2 aromatic heterocycles. The number of nitrogens with one attached hydrogen (secondary N) is 1. The number of nitrogens with zero attached hydrogens (tertiary/aromatic N) is 3. The Bertz CT molecular complexity index is 508. The van der Waals surface area contributed by atoms with E-state index in [2.05, 4.69) is 15.3 Å². The number of aryl methyl sites for hydroxylation is 1. The molecule has 8 heteroatoms. The van der Waals surface area contributed by atoms with Crippen molar-refractivity contribution in [3.63, 3.8) is 0 Å². The molecule has 0 unspecified atom stereocenters. The second kappa shape index (κ2) is 4.54. The van der Waals surface area contributed by atoms with Crippen LogP contribution >= 0.6 is 22.7 Å². The first kappa shape index (κ1) is 11.0. The first-order valence-electron chi connectivity index (χ1n) is 4.40. The van der Waals surface area contributed by atoms with Gasteiger partial charge in [-0.3, -0.25) is 10.1 Å². The molecule has 0 bridgehead atoms. The van der Waals surface area contributed by atoms with E-state index >= 15 is 0 Å². The summed E-state index contributed by atoms with van der Waals surface area (Å²) in [6.07, 6.45) is 3.05. The number of nitro groups is 1. The lowest BCUT2D eigenvalue weighted by Gasteiger charge is -1.96. The maximum absolute atomic E-state index is 10.4. The molecule has 0 fully saturated rings. The molecule has 0 atom stereocenters. The molecular weight excluding hydrogens is 248 g/mol. The Morgan fingerprint density at radius 3 is 2.81 bits per heavy atom. The van der Waals surface area contributed by atoms with E-state index in [4.69, 9.17) is 0 Å². The molecule has 84 valence electrons. The molecule has 6 nitrogen and oxygen atoms in total. The summed E-state index contributed by atoms with van der Waals surface area (Å²) in [5.41, 5.74) is 0. The SMILES string of the molecule is Cc1cnc(CNc2ncc([N+](=O)[O-])s2)s1. The molecule has 0 saturated carbocycles. The summed E-state index contributed by atoms with van der Waals surface area (Å²) in [5, 5.41) is 15.0. The zero-order chi connectivity index (χ0) is 11.5. The minimum Gasteiger partial charge on any atom is -0.355 e. The first-order valence-corrected chi connectivity index (χ1v) is 6.04. The molecule has 0 aliphatic carbocycles. The van der Waals surface area contributed by atoms with Gasteiger partial charge in [-0.25, -0.2) is 9.97 Å². The van der Waals surface area contributed by atoms with Gasteiger partial charge in [-0.05, 0) is 18.3 Å². The van der Waals surface area contributed by atoms with Crippen LogP contribution in [0.25, 0.3) is 0 Å². The Morgan fingerprint density at radius 2 is 2.25 bits per heavy atom. The van der Waals surface area contributed by atoms with Crippen LogP contribution in [0.2, 0.25) is 0 Å². The summed E-state index contributed by atoms with van der Waals surface area (Å²) >= 11 is 2.61. The van der Waals surface area contributed by atoms with Gasteiger partial charge < -0.3 is 5.32 Å². The summed E-state index contributed by atoms with van der Waals surface area (Å²) in [6.45, 7) is 2.53. The topological polar surface area (TPSA) is 81.0 Å². The standard InChI is InChI=1S/C8H8N4O2S2/c1-5-2-9-6(15-5)3-10-8-11-4-7(16-8)12(13)14/h2,4H,3H2,1H3,(H,10,11). The second-order valence-corrected chi connectivity index (χ2v) is 5.31. The van der Waals surface area contributed by atoms with Crippen molar-refractivity contribution in [1.82, 2.24) is 9.97 Å². The van der Waals surface area contributed by atoms with Crippen LogP contribution in [0.15, 0.2) is 12.4 Å². The van der Waals surface area contributed by atoms with Crippen LogP contribution in [-0.2, 0) is 6.54 Å². The number of rotatable bonds is 4. The number of aromatic nitrogens is 2. The van der Waals surface area contributed by atoms with Gasteiger partial charge in [0.2, 0.25) is 0 Å². The lowest BCUT2D eigenvalue weighted by molar-refractivity contribution is -0.380. The Morgan fingerprint density at radius 1 is 1.44 bits per heavy atom. The number of hydrogen-bond donors (Lipinski definition) is 1. The van der Waals surface area contributed by atoms with Crippen LogP contribution < -0.4 is 5.32 Å². The zero-order valence-electron chi connectivity index (χ0n) is 8.34. The summed E-state index contributed by atoms with van der Waals surface area (Å²) < 4.78 is 0. The van der Waals surface area contributed by atoms with Gasteiger partial charge in [-0.2, -0.15) is 0 Å². The third-order valence-electron chi connectivity index (χ3n) is 1.73. The quantitative estimate of drug-likeness (QED) is 0.671. The summed E-state index contributed by atoms with van der Waals surface area (Å²) in [7, 11) is 0. The largest absolute Gasteiger partial charge is 0.355 e. The predicted octanol–water partition coefficient (Wildman–Crippen LogP) is 2.43. The van der Waals surface area contributed by atoms with Crippen LogP contribution in [0.3, 0.4) is 0 Å². The van der Waals surface area contributed by atoms with Crippen molar-refractivity contribution in [2.75, 3.05) is 5.32 Å². The van der Waals surface area contributed by atoms with E-state index in [1.54, 1.807) is 17.5 Å². The summed E-state index contributed by atoms with van der Waals surface area (Å²) in [6, 6.07) is 0. The highest BCUT2D eigenvalue weighted by Gasteiger charge is 2.11. The van der Waals surface area contributed by atoms with Gasteiger partial charge in [0.1, 0.15) is 11.2 Å². The molecule has 0 aromatic carbocycles. The molecule has 1 N–H and O–H groups in total. The summed E-state index contributed by atoms with van der Waals surface area (Å²) in [4.78, 5) is 19.2. The Balaban J connectivity index is 1.97. The highest BCUT2D eigenvalue weighted by Crippen LogP contribution is 2.25. The van der Waals surface area contributed by atoms with Crippen molar-refractivity contribution in [1.29, 1.82) is 0 Å². The predicted molar refractivity (Wildman–Crippen MR) is 62.9 cm³/mol. The molecule has 0 aliphatic heterocycles. The van der Waals surface area contributed by atoms with E-state index in [0.29, 0.717) is 11.7 Å². The molecule has 2 aromatic rings. The average molecular weight is 256 g/mol. The van der Waals surface area contributed by atoms with E-state index in [1.807, 2.05) is 6.92 Å². The van der Waals surface area contributed by atoms with Crippen molar-refractivity contribution < 1.29 is 4.92 Å². The van der Waals surface area contributed by atoms with E-state index < -0.39 is 4.92 Å². The molecule has 0 amide bonds. The van der Waals surface area contributed by atoms with Gasteiger partial charge in [0.25, 0.3) is 0 Å². The van der Waals surface area contributed by atoms with Gasteiger partial charge in [0.05, 0.1) is 11.5 Å². The second-order valence-electron chi connectivity index (χ2n) is 2.98. The fourth-order valence-corrected chi connectivity index (χ4v) is 2.42. The fraction of sp³-hybridized carbons (Fsp3) is 0.250. The normalized spacial score (nSPS) is 10.3. The van der Waals surface area contributed by atoms with Crippen molar-refractivity contribution in [3.05, 3.63) is 32.4 Å². The zero-order valence-corrected chi connectivity index (χ0v) is 9.97. The van der Waals surface area contributed by atoms with Crippen LogP contribution in [0.5, 0.6) is 0 Å². The lowest BCUT2D eigenvalue weighted by Crippen LogP contribution is -1.97. The monoisotopic (exact) mass is 256 g/mol. The lowest BCUT2D eigenvalue weighted by atomic mass is 10.6. The van der Waals surface area contributed by atoms with Gasteiger partial charge in [-0.1, -0.05) is 0 Å². The van der Waals surface area contributed by atoms with Crippen LogP contribution in [-0.4, -0.2) is 14.9 Å². The van der Waals surface area contributed by atoms with Gasteiger partial charge >= 0.3 is 5.00 Å². The first-order chi connectivity index (χ1) is 7.65. The van der Waals surface area contributed by atoms with Gasteiger partial charge in [0.15, 0.2) is 5.13 Å². The van der Waals surface area contributed by atoms with E-state index in [1.165, 1.54) is 6.20 Å². The highest BCUT2D eigenvalue weighted by atomic mass is 32.1. The smallest absolute Gasteiger partial charge is 0.345 e. The maximum atomic E-state index is 10.4. The average Bonchev–Trinajstić information content (AvgIpc) is 2.83. The fourth-order valence-electron chi connectivity index (χ4n) is 1.07. The van der Waals surface area contributed by atoms with Crippen LogP contribution in [0, 0.1) is 17.0 Å². The molecule has 0 radical (unpaired) electrons. The molecular formula is C8H8N4O2S2. The third kappa shape index (κ3) is 2.52. The summed E-state index contributed by atoms with van der Waals surface area (Å²) in [5.74, 6) is 0. The van der Waals surface area contributed by atoms with Crippen molar-refractivity contribution in [3.8, 4) is 0 Å². The molecule has 0 saturated heterocycles. The van der Waals surface area contributed by atoms with Crippen LogP contribution in [0.4, 0.5) is 10.1 Å². The Labute approximate surface area is 99.1 Å². The number of thiazole rings is 2. The highest BCUT2D eigenvalue weighted by molar-refractivity contribution is 7.18. The van der Waals surface area contributed by atoms with E-state index in [0.717, 1.165) is 21.2 Å². The van der Waals surface area contributed by atoms with E-state index in [9.17, 15) is 10.1 Å². The van der Waals surface area contributed by atoms with Crippen LogP contribution in [0.1, 0.15) is 9.88 Å². The van der Waals surface area contributed by atoms with E-state index in [-0.39, 0.29) is 5.00 Å². The third-order valence-corrected chi connectivity index (χ3v) is 3.55. The molecule has 2 heterocycles. The van der Waals surface area contributed by atoms with Crippen molar-refractivity contribution in [2.45, 2.75) is 13.5 Å². The Hall–Kier alpha value is -1.54. The minimum absolute atomic E-state index is 0.0396. The minimum atomic E-state index is -0.448.